The summed E-state index contributed by atoms with van der Waals surface area (Å²) in [4.78, 5) is 2.09. The van der Waals surface area contributed by atoms with Crippen LogP contribution in [0.4, 0.5) is 8.78 Å². The van der Waals surface area contributed by atoms with Crippen molar-refractivity contribution in [2.24, 2.45) is 5.92 Å². The van der Waals surface area contributed by atoms with Gasteiger partial charge < -0.3 is 9.84 Å². The largest absolute Gasteiger partial charge is 0.434 e. The van der Waals surface area contributed by atoms with E-state index in [4.69, 9.17) is 5.11 Å². The second-order valence-corrected chi connectivity index (χ2v) is 4.23. The van der Waals surface area contributed by atoms with Crippen LogP contribution in [0.5, 0.6) is 5.75 Å². The Morgan fingerprint density at radius 2 is 2.06 bits per heavy atom. The van der Waals surface area contributed by atoms with E-state index in [1.807, 2.05) is 0 Å². The number of hydrogen-bond acceptors (Lipinski definition) is 3. The topological polar surface area (TPSA) is 32.7 Å². The van der Waals surface area contributed by atoms with Crippen LogP contribution in [-0.4, -0.2) is 36.3 Å². The third-order valence-corrected chi connectivity index (χ3v) is 2.87. The predicted molar refractivity (Wildman–Crippen MR) is 58.9 cm³/mol. The predicted octanol–water partition coefficient (Wildman–Crippen LogP) is 1.71. The van der Waals surface area contributed by atoms with Gasteiger partial charge in [0.1, 0.15) is 5.75 Å². The van der Waals surface area contributed by atoms with Crippen molar-refractivity contribution in [2.45, 2.75) is 13.2 Å². The first kappa shape index (κ1) is 12.3. The first-order valence-corrected chi connectivity index (χ1v) is 5.55. The Morgan fingerprint density at radius 3 is 2.71 bits per heavy atom. The summed E-state index contributed by atoms with van der Waals surface area (Å²) in [6.45, 7) is -0.415. The average molecular weight is 243 g/mol. The number of ether oxygens (including phenoxy) is 1. The van der Waals surface area contributed by atoms with E-state index in [2.05, 4.69) is 9.64 Å². The highest BCUT2D eigenvalue weighted by atomic mass is 19.3. The van der Waals surface area contributed by atoms with Gasteiger partial charge in [0.15, 0.2) is 0 Å². The number of halogens is 2. The van der Waals surface area contributed by atoms with E-state index in [-0.39, 0.29) is 12.4 Å². The van der Waals surface area contributed by atoms with E-state index >= 15 is 0 Å². The monoisotopic (exact) mass is 243 g/mol. The molecule has 0 radical (unpaired) electrons. The van der Waals surface area contributed by atoms with Gasteiger partial charge >= 0.3 is 6.61 Å². The molecule has 0 saturated carbocycles. The van der Waals surface area contributed by atoms with Crippen molar-refractivity contribution in [3.8, 4) is 5.75 Å². The Kier molecular flexibility index (Phi) is 3.91. The number of aliphatic hydroxyl groups is 1. The maximum absolute atomic E-state index is 12.2. The molecule has 1 aliphatic heterocycles. The fraction of sp³-hybridized carbons (Fsp3) is 0.500. The number of aliphatic hydroxyl groups excluding tert-OH is 1. The number of alkyl halides is 2. The molecule has 1 aliphatic rings. The van der Waals surface area contributed by atoms with Crippen LogP contribution in [0, 0.1) is 5.92 Å². The fourth-order valence-electron chi connectivity index (χ4n) is 2.01. The first-order valence-electron chi connectivity index (χ1n) is 5.55. The lowest BCUT2D eigenvalue weighted by Crippen LogP contribution is -2.47. The molecule has 1 aromatic carbocycles. The minimum atomic E-state index is -2.79. The Bertz CT molecular complexity index is 367. The van der Waals surface area contributed by atoms with Crippen LogP contribution in [0.2, 0.25) is 0 Å². The third-order valence-electron chi connectivity index (χ3n) is 2.87. The van der Waals surface area contributed by atoms with Crippen molar-refractivity contribution >= 4 is 0 Å². The van der Waals surface area contributed by atoms with Gasteiger partial charge in [0.2, 0.25) is 0 Å². The zero-order valence-corrected chi connectivity index (χ0v) is 9.35. The lowest BCUT2D eigenvalue weighted by molar-refractivity contribution is -0.0512. The first-order chi connectivity index (χ1) is 8.19. The molecule has 17 heavy (non-hydrogen) atoms. The highest BCUT2D eigenvalue weighted by Crippen LogP contribution is 2.25. The lowest BCUT2D eigenvalue weighted by Gasteiger charge is -2.38. The van der Waals surface area contributed by atoms with E-state index < -0.39 is 6.61 Å². The summed E-state index contributed by atoms with van der Waals surface area (Å²) in [5.41, 5.74) is 0.754. The van der Waals surface area contributed by atoms with E-state index in [0.29, 0.717) is 12.5 Å². The molecule has 2 rings (SSSR count). The van der Waals surface area contributed by atoms with E-state index in [0.717, 1.165) is 18.7 Å². The summed E-state index contributed by atoms with van der Waals surface area (Å²) in [6, 6.07) is 6.81. The van der Waals surface area contributed by atoms with Crippen LogP contribution < -0.4 is 4.74 Å². The summed E-state index contributed by atoms with van der Waals surface area (Å²) in [5, 5.41) is 8.89. The molecule has 1 N–H and O–H groups in total. The molecule has 1 fully saturated rings. The second kappa shape index (κ2) is 5.42. The van der Waals surface area contributed by atoms with E-state index in [9.17, 15) is 8.78 Å². The van der Waals surface area contributed by atoms with Gasteiger partial charge in [-0.2, -0.15) is 8.78 Å². The third kappa shape index (κ3) is 3.14. The second-order valence-electron chi connectivity index (χ2n) is 4.23. The zero-order valence-electron chi connectivity index (χ0n) is 9.35. The number of nitrogens with zero attached hydrogens (tertiary/aromatic N) is 1. The number of likely N-dealkylation sites (tertiary alicyclic amines) is 1. The standard InChI is InChI=1S/C12H15F2NO2/c13-12(14)17-11-4-2-1-3-10(11)7-15-5-9(6-15)8-16/h1-4,9,12,16H,5-8H2. The summed E-state index contributed by atoms with van der Waals surface area (Å²) in [7, 11) is 0. The van der Waals surface area contributed by atoms with Crippen LogP contribution >= 0.6 is 0 Å². The van der Waals surface area contributed by atoms with Crippen LogP contribution in [0.1, 0.15) is 5.56 Å². The Morgan fingerprint density at radius 1 is 1.35 bits per heavy atom. The smallest absolute Gasteiger partial charge is 0.387 e. The number of rotatable bonds is 5. The van der Waals surface area contributed by atoms with Gasteiger partial charge in [0.25, 0.3) is 0 Å². The molecule has 0 unspecified atom stereocenters. The van der Waals surface area contributed by atoms with Crippen LogP contribution in [0.15, 0.2) is 24.3 Å². The van der Waals surface area contributed by atoms with Crippen molar-refractivity contribution in [1.29, 1.82) is 0 Å². The van der Waals surface area contributed by atoms with Gasteiger partial charge in [0.05, 0.1) is 0 Å². The highest BCUT2D eigenvalue weighted by molar-refractivity contribution is 5.33. The molecular formula is C12H15F2NO2. The molecule has 0 bridgehead atoms. The molecule has 1 aromatic rings. The summed E-state index contributed by atoms with van der Waals surface area (Å²) in [5.74, 6) is 0.549. The Hall–Kier alpha value is -1.20. The molecule has 1 saturated heterocycles. The van der Waals surface area contributed by atoms with Gasteiger partial charge in [-0.1, -0.05) is 18.2 Å². The molecule has 3 nitrogen and oxygen atoms in total. The number of benzene rings is 1. The maximum Gasteiger partial charge on any atom is 0.387 e. The van der Waals surface area contributed by atoms with E-state index in [1.165, 1.54) is 0 Å². The van der Waals surface area contributed by atoms with Gasteiger partial charge in [0, 0.05) is 37.7 Å². The fourth-order valence-corrected chi connectivity index (χ4v) is 2.01. The Labute approximate surface area is 98.6 Å². The lowest BCUT2D eigenvalue weighted by atomic mass is 10.0. The molecular weight excluding hydrogens is 228 g/mol. The minimum absolute atomic E-state index is 0.186. The Balaban J connectivity index is 1.96. The molecule has 0 amide bonds. The maximum atomic E-state index is 12.2. The van der Waals surface area contributed by atoms with Crippen molar-refractivity contribution in [2.75, 3.05) is 19.7 Å². The van der Waals surface area contributed by atoms with Crippen LogP contribution in [-0.2, 0) is 6.54 Å². The van der Waals surface area contributed by atoms with Gasteiger partial charge in [-0.05, 0) is 6.07 Å². The minimum Gasteiger partial charge on any atom is -0.434 e. The summed E-state index contributed by atoms with van der Waals surface area (Å²) in [6.07, 6.45) is 0. The van der Waals surface area contributed by atoms with Crippen molar-refractivity contribution in [1.82, 2.24) is 4.90 Å². The van der Waals surface area contributed by atoms with Gasteiger partial charge in [-0.15, -0.1) is 0 Å². The van der Waals surface area contributed by atoms with Crippen LogP contribution in [0.3, 0.4) is 0 Å². The summed E-state index contributed by atoms with van der Waals surface area (Å²) < 4.78 is 28.8. The van der Waals surface area contributed by atoms with Crippen molar-refractivity contribution < 1.29 is 18.6 Å². The molecule has 94 valence electrons. The number of hydrogen-bond donors (Lipinski definition) is 1. The quantitative estimate of drug-likeness (QED) is 0.854. The van der Waals surface area contributed by atoms with E-state index in [1.54, 1.807) is 24.3 Å². The highest BCUT2D eigenvalue weighted by Gasteiger charge is 2.26. The average Bonchev–Trinajstić information content (AvgIpc) is 2.24. The van der Waals surface area contributed by atoms with Crippen molar-refractivity contribution in [3.63, 3.8) is 0 Å². The number of para-hydroxylation sites is 1. The molecule has 1 heterocycles. The normalized spacial score (nSPS) is 17.2. The molecule has 0 aliphatic carbocycles. The van der Waals surface area contributed by atoms with Gasteiger partial charge in [-0.3, -0.25) is 4.90 Å². The summed E-state index contributed by atoms with van der Waals surface area (Å²) >= 11 is 0. The SMILES string of the molecule is OCC1CN(Cc2ccccc2OC(F)F)C1. The zero-order chi connectivity index (χ0) is 12.3. The molecule has 0 atom stereocenters. The van der Waals surface area contributed by atoms with Gasteiger partial charge in [-0.25, -0.2) is 0 Å². The van der Waals surface area contributed by atoms with Crippen LogP contribution in [0.25, 0.3) is 0 Å². The molecule has 5 heteroatoms. The van der Waals surface area contributed by atoms with Crippen molar-refractivity contribution in [3.05, 3.63) is 29.8 Å². The molecule has 0 aromatic heterocycles. The molecule has 0 spiro atoms.